The molecule has 0 aliphatic rings. The first-order chi connectivity index (χ1) is 3.62. The van der Waals surface area contributed by atoms with Gasteiger partial charge in [-0.15, -0.1) is 9.24 Å². The van der Waals surface area contributed by atoms with Crippen LogP contribution < -0.4 is 0 Å². The maximum atomic E-state index is 10.6. The van der Waals surface area contributed by atoms with Gasteiger partial charge in [0.05, 0.1) is 11.2 Å². The normalized spacial score (nSPS) is 11.8. The summed E-state index contributed by atoms with van der Waals surface area (Å²) >= 11 is 0. The van der Waals surface area contributed by atoms with Gasteiger partial charge in [-0.2, -0.15) is 0 Å². The molecular formula is C4H11O2PS. The number of hydrogen-bond donors (Lipinski definition) is 0. The van der Waals surface area contributed by atoms with Crippen LogP contribution in [0.15, 0.2) is 0 Å². The summed E-state index contributed by atoms with van der Waals surface area (Å²) in [6.07, 6.45) is 0.719. The minimum absolute atomic E-state index is 0.195. The molecule has 1 unspecified atom stereocenters. The van der Waals surface area contributed by atoms with Gasteiger partial charge in [0, 0.05) is 0 Å². The maximum absolute atomic E-state index is 10.6. The van der Waals surface area contributed by atoms with Crippen molar-refractivity contribution in [3.8, 4) is 0 Å². The lowest BCUT2D eigenvalue weighted by Gasteiger charge is -1.93. The van der Waals surface area contributed by atoms with E-state index in [0.717, 1.165) is 6.42 Å². The molecule has 0 saturated carbocycles. The first-order valence-corrected chi connectivity index (χ1v) is 5.16. The summed E-state index contributed by atoms with van der Waals surface area (Å²) < 4.78 is 21.2. The molecule has 0 aromatic carbocycles. The fraction of sp³-hybridized carbons (Fsp3) is 1.00. The van der Waals surface area contributed by atoms with E-state index in [9.17, 15) is 8.42 Å². The molecular weight excluding hydrogens is 143 g/mol. The van der Waals surface area contributed by atoms with Crippen LogP contribution in [-0.4, -0.2) is 19.7 Å². The summed E-state index contributed by atoms with van der Waals surface area (Å²) in [7, 11) is -0.496. The van der Waals surface area contributed by atoms with Crippen LogP contribution in [0.4, 0.5) is 0 Å². The molecule has 0 aliphatic carbocycles. The molecule has 0 aliphatic heterocycles. The largest absolute Gasteiger partial charge is 0.228 e. The Morgan fingerprint density at radius 1 is 1.50 bits per heavy atom. The molecule has 50 valence electrons. The molecule has 0 bridgehead atoms. The second-order valence-electron chi connectivity index (χ2n) is 1.61. The minimum atomic E-state index is -2.71. The molecule has 0 amide bonds. The number of sulfone groups is 1. The Morgan fingerprint density at radius 3 is 2.12 bits per heavy atom. The molecule has 0 saturated heterocycles. The monoisotopic (exact) mass is 154 g/mol. The molecule has 0 aromatic heterocycles. The Labute approximate surface area is 52.8 Å². The van der Waals surface area contributed by atoms with Crippen molar-refractivity contribution < 1.29 is 8.42 Å². The van der Waals surface area contributed by atoms with Crippen molar-refractivity contribution in [2.75, 3.05) is 11.2 Å². The Hall–Kier alpha value is 0.380. The third kappa shape index (κ3) is 3.39. The summed E-state index contributed by atoms with van der Waals surface area (Å²) in [4.78, 5) is 0. The molecule has 4 heteroatoms. The van der Waals surface area contributed by atoms with Gasteiger partial charge in [-0.05, 0) is 6.42 Å². The van der Waals surface area contributed by atoms with Crippen molar-refractivity contribution in [1.29, 1.82) is 0 Å². The fourth-order valence-corrected chi connectivity index (χ4v) is 1.68. The Bertz CT molecular complexity index is 138. The maximum Gasteiger partial charge on any atom is 0.153 e. The minimum Gasteiger partial charge on any atom is -0.228 e. The van der Waals surface area contributed by atoms with E-state index in [-0.39, 0.29) is 5.49 Å². The van der Waals surface area contributed by atoms with Crippen molar-refractivity contribution in [2.24, 2.45) is 0 Å². The summed E-state index contributed by atoms with van der Waals surface area (Å²) in [5.74, 6) is 0.316. The summed E-state index contributed by atoms with van der Waals surface area (Å²) in [5.41, 5.74) is 0.195. The van der Waals surface area contributed by atoms with Crippen molar-refractivity contribution in [3.05, 3.63) is 0 Å². The van der Waals surface area contributed by atoms with Gasteiger partial charge in [0.25, 0.3) is 0 Å². The van der Waals surface area contributed by atoms with E-state index >= 15 is 0 Å². The predicted molar refractivity (Wildman–Crippen MR) is 38.7 cm³/mol. The Balaban J connectivity index is 3.76. The second kappa shape index (κ2) is 3.41. The van der Waals surface area contributed by atoms with E-state index in [2.05, 4.69) is 9.24 Å². The average Bonchev–Trinajstić information content (AvgIpc) is 1.67. The van der Waals surface area contributed by atoms with Gasteiger partial charge in [-0.25, -0.2) is 8.42 Å². The Morgan fingerprint density at radius 2 is 2.00 bits per heavy atom. The first kappa shape index (κ1) is 8.38. The molecule has 0 rings (SSSR count). The van der Waals surface area contributed by atoms with E-state index in [1.807, 2.05) is 6.92 Å². The lowest BCUT2D eigenvalue weighted by molar-refractivity contribution is 0.599. The van der Waals surface area contributed by atoms with Gasteiger partial charge in [0.1, 0.15) is 0 Å². The number of hydrogen-bond acceptors (Lipinski definition) is 2. The molecule has 2 nitrogen and oxygen atoms in total. The van der Waals surface area contributed by atoms with Gasteiger partial charge >= 0.3 is 0 Å². The van der Waals surface area contributed by atoms with Crippen molar-refractivity contribution in [2.45, 2.75) is 13.3 Å². The van der Waals surface area contributed by atoms with Gasteiger partial charge < -0.3 is 0 Å². The molecule has 0 fully saturated rings. The smallest absolute Gasteiger partial charge is 0.153 e. The number of rotatable bonds is 3. The third-order valence-corrected chi connectivity index (χ3v) is 3.83. The SMILES string of the molecule is CCCS(=O)(=O)CP. The van der Waals surface area contributed by atoms with Crippen LogP contribution in [0.5, 0.6) is 0 Å². The highest BCUT2D eigenvalue weighted by Crippen LogP contribution is 1.96. The van der Waals surface area contributed by atoms with Crippen molar-refractivity contribution in [3.63, 3.8) is 0 Å². The summed E-state index contributed by atoms with van der Waals surface area (Å²) in [6, 6.07) is 0. The van der Waals surface area contributed by atoms with E-state index < -0.39 is 9.84 Å². The van der Waals surface area contributed by atoms with Crippen LogP contribution in [-0.2, 0) is 9.84 Å². The van der Waals surface area contributed by atoms with E-state index in [4.69, 9.17) is 0 Å². The van der Waals surface area contributed by atoms with Crippen LogP contribution >= 0.6 is 9.24 Å². The van der Waals surface area contributed by atoms with Crippen LogP contribution in [0.1, 0.15) is 13.3 Å². The van der Waals surface area contributed by atoms with Gasteiger partial charge in [0.15, 0.2) is 9.84 Å². The highest BCUT2D eigenvalue weighted by Gasteiger charge is 2.02. The third-order valence-electron chi connectivity index (χ3n) is 0.769. The van der Waals surface area contributed by atoms with Crippen molar-refractivity contribution in [1.82, 2.24) is 0 Å². The van der Waals surface area contributed by atoms with E-state index in [1.165, 1.54) is 0 Å². The van der Waals surface area contributed by atoms with Gasteiger partial charge in [-0.1, -0.05) is 6.92 Å². The lowest BCUT2D eigenvalue weighted by atomic mass is 10.6. The highest BCUT2D eigenvalue weighted by molar-refractivity contribution is 7.94. The molecule has 0 spiro atoms. The quantitative estimate of drug-likeness (QED) is 0.559. The zero-order chi connectivity index (χ0) is 6.62. The van der Waals surface area contributed by atoms with Gasteiger partial charge in [-0.3, -0.25) is 0 Å². The molecule has 8 heavy (non-hydrogen) atoms. The zero-order valence-electron chi connectivity index (χ0n) is 4.92. The first-order valence-electron chi connectivity index (χ1n) is 2.53. The van der Waals surface area contributed by atoms with E-state index in [0.29, 0.717) is 5.75 Å². The molecule has 0 heterocycles. The van der Waals surface area contributed by atoms with Crippen LogP contribution in [0.25, 0.3) is 0 Å². The lowest BCUT2D eigenvalue weighted by Crippen LogP contribution is -2.04. The summed E-state index contributed by atoms with van der Waals surface area (Å²) in [6.45, 7) is 1.86. The van der Waals surface area contributed by atoms with Crippen LogP contribution in [0, 0.1) is 0 Å². The van der Waals surface area contributed by atoms with Crippen molar-refractivity contribution >= 4 is 19.1 Å². The average molecular weight is 154 g/mol. The molecule has 1 atom stereocenters. The highest BCUT2D eigenvalue weighted by atomic mass is 32.2. The fourth-order valence-electron chi connectivity index (χ4n) is 0.394. The Kier molecular flexibility index (Phi) is 3.58. The van der Waals surface area contributed by atoms with Gasteiger partial charge in [0.2, 0.25) is 0 Å². The van der Waals surface area contributed by atoms with Crippen LogP contribution in [0.2, 0.25) is 0 Å². The second-order valence-corrected chi connectivity index (χ2v) is 4.84. The topological polar surface area (TPSA) is 34.1 Å². The van der Waals surface area contributed by atoms with E-state index in [1.54, 1.807) is 0 Å². The standard InChI is InChI=1S/C4H11O2PS/c1-2-3-8(5,6)4-7/h2-4,7H2,1H3. The molecule has 0 radical (unpaired) electrons. The predicted octanol–water partition coefficient (Wildman–Crippen LogP) is 0.644. The summed E-state index contributed by atoms with van der Waals surface area (Å²) in [5, 5.41) is 0. The van der Waals surface area contributed by atoms with Crippen LogP contribution in [0.3, 0.4) is 0 Å². The zero-order valence-corrected chi connectivity index (χ0v) is 6.89. The molecule has 0 aromatic rings. The molecule has 0 N–H and O–H groups in total.